The van der Waals surface area contributed by atoms with Gasteiger partial charge < -0.3 is 9.80 Å². The predicted octanol–water partition coefficient (Wildman–Crippen LogP) is 3.70. The van der Waals surface area contributed by atoms with E-state index in [1.807, 2.05) is 4.90 Å². The Morgan fingerprint density at radius 1 is 1.12 bits per heavy atom. The number of likely N-dealkylation sites (tertiary alicyclic amines) is 1. The molecule has 136 valence electrons. The van der Waals surface area contributed by atoms with Crippen LogP contribution in [0.2, 0.25) is 0 Å². The number of nitro groups is 1. The van der Waals surface area contributed by atoms with Crippen molar-refractivity contribution in [1.29, 1.82) is 0 Å². The van der Waals surface area contributed by atoms with Crippen molar-refractivity contribution in [3.8, 4) is 0 Å². The molecule has 0 N–H and O–H groups in total. The highest BCUT2D eigenvalue weighted by atomic mass is 16.6. The number of amides is 1. The van der Waals surface area contributed by atoms with Crippen LogP contribution < -0.4 is 4.90 Å². The Labute approximate surface area is 148 Å². The third-order valence-electron chi connectivity index (χ3n) is 5.27. The largest absolute Gasteiger partial charge is 0.366 e. The van der Waals surface area contributed by atoms with Crippen LogP contribution in [-0.2, 0) is 0 Å². The van der Waals surface area contributed by atoms with E-state index in [4.69, 9.17) is 0 Å². The molecule has 6 heteroatoms. The van der Waals surface area contributed by atoms with E-state index >= 15 is 0 Å². The molecule has 2 saturated heterocycles. The molecule has 2 fully saturated rings. The molecule has 0 saturated carbocycles. The third kappa shape index (κ3) is 3.94. The molecule has 0 aromatic heterocycles. The van der Waals surface area contributed by atoms with E-state index in [0.29, 0.717) is 23.1 Å². The number of rotatable bonds is 3. The molecule has 1 aromatic rings. The maximum atomic E-state index is 12.8. The lowest BCUT2D eigenvalue weighted by Gasteiger charge is -2.35. The zero-order valence-corrected chi connectivity index (χ0v) is 15.1. The van der Waals surface area contributed by atoms with Crippen molar-refractivity contribution in [2.75, 3.05) is 31.1 Å². The number of piperidine rings is 2. The first kappa shape index (κ1) is 17.7. The van der Waals surface area contributed by atoms with Gasteiger partial charge in [0.05, 0.1) is 4.92 Å². The summed E-state index contributed by atoms with van der Waals surface area (Å²) in [5.41, 5.74) is 1.11. The number of hydrogen-bond donors (Lipinski definition) is 0. The minimum atomic E-state index is -0.359. The van der Waals surface area contributed by atoms with Crippen molar-refractivity contribution < 1.29 is 9.72 Å². The van der Waals surface area contributed by atoms with Crippen LogP contribution in [0.1, 0.15) is 49.9 Å². The third-order valence-corrected chi connectivity index (χ3v) is 5.27. The van der Waals surface area contributed by atoms with Gasteiger partial charge in [-0.15, -0.1) is 0 Å². The highest BCUT2D eigenvalue weighted by Gasteiger charge is 2.28. The number of benzene rings is 1. The molecule has 0 unspecified atom stereocenters. The second-order valence-corrected chi connectivity index (χ2v) is 7.66. The number of hydrogen-bond acceptors (Lipinski definition) is 4. The van der Waals surface area contributed by atoms with Gasteiger partial charge in [-0.2, -0.15) is 0 Å². The summed E-state index contributed by atoms with van der Waals surface area (Å²) in [6, 6.07) is 4.98. The van der Waals surface area contributed by atoms with Gasteiger partial charge in [0.15, 0.2) is 0 Å². The number of nitrogens with zero attached hydrogens (tertiary/aromatic N) is 3. The van der Waals surface area contributed by atoms with Gasteiger partial charge in [0.1, 0.15) is 5.69 Å². The van der Waals surface area contributed by atoms with Crippen LogP contribution >= 0.6 is 0 Å². The van der Waals surface area contributed by atoms with Gasteiger partial charge in [-0.3, -0.25) is 14.9 Å². The molecule has 1 aromatic carbocycles. The minimum absolute atomic E-state index is 0.0471. The minimum Gasteiger partial charge on any atom is -0.366 e. The van der Waals surface area contributed by atoms with Gasteiger partial charge in [0.2, 0.25) is 0 Å². The van der Waals surface area contributed by atoms with Crippen LogP contribution in [0, 0.1) is 22.0 Å². The maximum Gasteiger partial charge on any atom is 0.293 e. The molecule has 1 amide bonds. The first-order valence-corrected chi connectivity index (χ1v) is 9.28. The molecular weight excluding hydrogens is 318 g/mol. The van der Waals surface area contributed by atoms with Gasteiger partial charge in [0.25, 0.3) is 11.6 Å². The Bertz CT molecular complexity index is 645. The Balaban J connectivity index is 1.85. The molecule has 2 aliphatic heterocycles. The van der Waals surface area contributed by atoms with E-state index in [1.165, 1.54) is 12.5 Å². The van der Waals surface area contributed by atoms with E-state index < -0.39 is 0 Å². The Morgan fingerprint density at radius 2 is 1.76 bits per heavy atom. The second kappa shape index (κ2) is 7.42. The molecule has 2 heterocycles. The number of carbonyl (C=O) groups is 1. The lowest BCUT2D eigenvalue weighted by molar-refractivity contribution is -0.384. The van der Waals surface area contributed by atoms with Crippen LogP contribution in [0.4, 0.5) is 11.4 Å². The van der Waals surface area contributed by atoms with Crippen molar-refractivity contribution in [2.24, 2.45) is 11.8 Å². The zero-order chi connectivity index (χ0) is 18.0. The molecule has 0 spiro atoms. The summed E-state index contributed by atoms with van der Waals surface area (Å²) >= 11 is 0. The van der Waals surface area contributed by atoms with Gasteiger partial charge in [-0.1, -0.05) is 13.8 Å². The van der Waals surface area contributed by atoms with Crippen molar-refractivity contribution >= 4 is 17.3 Å². The fraction of sp³-hybridized carbons (Fsp3) is 0.632. The van der Waals surface area contributed by atoms with Crippen LogP contribution in [-0.4, -0.2) is 41.9 Å². The van der Waals surface area contributed by atoms with Gasteiger partial charge >= 0.3 is 0 Å². The monoisotopic (exact) mass is 345 g/mol. The lowest BCUT2D eigenvalue weighted by Crippen LogP contribution is -2.42. The zero-order valence-electron chi connectivity index (χ0n) is 15.1. The smallest absolute Gasteiger partial charge is 0.293 e. The number of anilines is 1. The molecule has 2 atom stereocenters. The van der Waals surface area contributed by atoms with Crippen molar-refractivity contribution in [3.63, 3.8) is 0 Å². The van der Waals surface area contributed by atoms with Crippen LogP contribution in [0.25, 0.3) is 0 Å². The Kier molecular flexibility index (Phi) is 5.25. The average Bonchev–Trinajstić information content (AvgIpc) is 2.60. The van der Waals surface area contributed by atoms with Crippen LogP contribution in [0.5, 0.6) is 0 Å². The molecular formula is C19H27N3O3. The van der Waals surface area contributed by atoms with Gasteiger partial charge in [-0.25, -0.2) is 0 Å². The number of nitro benzene ring substituents is 1. The quantitative estimate of drug-likeness (QED) is 0.619. The fourth-order valence-electron chi connectivity index (χ4n) is 4.22. The van der Waals surface area contributed by atoms with E-state index in [0.717, 1.165) is 45.4 Å². The first-order valence-electron chi connectivity index (χ1n) is 9.28. The van der Waals surface area contributed by atoms with Gasteiger partial charge in [-0.05, 0) is 49.7 Å². The maximum absolute atomic E-state index is 12.8. The van der Waals surface area contributed by atoms with Crippen LogP contribution in [0.3, 0.4) is 0 Å². The molecule has 0 aliphatic carbocycles. The standard InChI is InChI=1S/C19H27N3O3/c1-14-10-15(2)13-21(12-14)19(23)16-6-7-17(18(11-16)22(24)25)20-8-4-3-5-9-20/h6-7,11,14-15H,3-5,8-10,12-13H2,1-2H3/t14-,15-/m0/s1. The SMILES string of the molecule is C[C@H]1C[C@H](C)CN(C(=O)c2ccc(N3CCCCC3)c([N+](=O)[O-])c2)C1. The van der Waals surface area contributed by atoms with Crippen LogP contribution in [0.15, 0.2) is 18.2 Å². The Hall–Kier alpha value is -2.11. The fourth-order valence-corrected chi connectivity index (χ4v) is 4.22. The normalized spacial score (nSPS) is 24.2. The number of carbonyl (C=O) groups excluding carboxylic acids is 1. The highest BCUT2D eigenvalue weighted by Crippen LogP contribution is 2.32. The summed E-state index contributed by atoms with van der Waals surface area (Å²) in [7, 11) is 0. The van der Waals surface area contributed by atoms with E-state index in [1.54, 1.807) is 12.1 Å². The first-order chi connectivity index (χ1) is 12.0. The second-order valence-electron chi connectivity index (χ2n) is 7.66. The van der Waals surface area contributed by atoms with E-state index in [9.17, 15) is 14.9 Å². The molecule has 25 heavy (non-hydrogen) atoms. The Morgan fingerprint density at radius 3 is 2.36 bits per heavy atom. The average molecular weight is 345 g/mol. The van der Waals surface area contributed by atoms with Gasteiger partial charge in [0, 0.05) is 37.8 Å². The summed E-state index contributed by atoms with van der Waals surface area (Å²) in [6.45, 7) is 7.44. The molecule has 0 radical (unpaired) electrons. The van der Waals surface area contributed by atoms with E-state index in [-0.39, 0.29) is 16.5 Å². The topological polar surface area (TPSA) is 66.7 Å². The molecule has 6 nitrogen and oxygen atoms in total. The predicted molar refractivity (Wildman–Crippen MR) is 98.0 cm³/mol. The summed E-state index contributed by atoms with van der Waals surface area (Å²) in [5.74, 6) is 0.845. The summed E-state index contributed by atoms with van der Waals surface area (Å²) in [6.07, 6.45) is 4.41. The summed E-state index contributed by atoms with van der Waals surface area (Å²) in [4.78, 5) is 28.0. The molecule has 3 rings (SSSR count). The van der Waals surface area contributed by atoms with E-state index in [2.05, 4.69) is 18.7 Å². The lowest BCUT2D eigenvalue weighted by atomic mass is 9.91. The van der Waals surface area contributed by atoms with Crippen molar-refractivity contribution in [1.82, 2.24) is 4.90 Å². The summed E-state index contributed by atoms with van der Waals surface area (Å²) in [5, 5.41) is 11.6. The summed E-state index contributed by atoms with van der Waals surface area (Å²) < 4.78 is 0. The van der Waals surface area contributed by atoms with Crippen molar-refractivity contribution in [3.05, 3.63) is 33.9 Å². The highest BCUT2D eigenvalue weighted by molar-refractivity contribution is 5.96. The molecule has 0 bridgehead atoms. The van der Waals surface area contributed by atoms with Crippen molar-refractivity contribution in [2.45, 2.75) is 39.5 Å². The molecule has 2 aliphatic rings.